The predicted molar refractivity (Wildman–Crippen MR) is 99.6 cm³/mol. The summed E-state index contributed by atoms with van der Waals surface area (Å²) < 4.78 is 6.57. The minimum atomic E-state index is -0.894. The van der Waals surface area contributed by atoms with Gasteiger partial charge in [-0.3, -0.25) is 14.7 Å². The van der Waals surface area contributed by atoms with E-state index in [1.807, 2.05) is 24.3 Å². The predicted octanol–water partition coefficient (Wildman–Crippen LogP) is 1.04. The molecule has 0 saturated heterocycles. The summed E-state index contributed by atoms with van der Waals surface area (Å²) in [6.45, 7) is 0.103. The van der Waals surface area contributed by atoms with Crippen molar-refractivity contribution >= 4 is 5.91 Å². The van der Waals surface area contributed by atoms with E-state index in [-0.39, 0.29) is 24.3 Å². The van der Waals surface area contributed by atoms with Crippen molar-refractivity contribution in [2.24, 2.45) is 0 Å². The van der Waals surface area contributed by atoms with Crippen molar-refractivity contribution in [2.75, 3.05) is 13.7 Å². The first-order chi connectivity index (χ1) is 13.1. The van der Waals surface area contributed by atoms with E-state index < -0.39 is 12.0 Å². The fourth-order valence-electron chi connectivity index (χ4n) is 2.58. The van der Waals surface area contributed by atoms with Crippen LogP contribution in [0.25, 0.3) is 11.3 Å². The first-order valence-electron chi connectivity index (χ1n) is 8.38. The Morgan fingerprint density at radius 2 is 2.15 bits per heavy atom. The highest BCUT2D eigenvalue weighted by molar-refractivity contribution is 5.93. The van der Waals surface area contributed by atoms with Gasteiger partial charge in [0.05, 0.1) is 25.5 Å². The van der Waals surface area contributed by atoms with E-state index in [1.165, 1.54) is 10.6 Å². The second-order valence-electron chi connectivity index (χ2n) is 5.95. The molecular formula is C19H20N4O4. The Balaban J connectivity index is 1.59. The fourth-order valence-corrected chi connectivity index (χ4v) is 2.58. The number of pyridine rings is 1. The summed E-state index contributed by atoms with van der Waals surface area (Å²) in [5.41, 5.74) is 1.49. The Kier molecular flexibility index (Phi) is 5.68. The summed E-state index contributed by atoms with van der Waals surface area (Å²) in [6.07, 6.45) is 0.692. The number of nitrogens with zero attached hydrogens (tertiary/aromatic N) is 2. The van der Waals surface area contributed by atoms with Crippen LogP contribution in [0.1, 0.15) is 10.5 Å². The van der Waals surface area contributed by atoms with Crippen LogP contribution in [0.2, 0.25) is 0 Å². The quantitative estimate of drug-likeness (QED) is 0.577. The van der Waals surface area contributed by atoms with Gasteiger partial charge in [0, 0.05) is 24.4 Å². The molecule has 1 aromatic carbocycles. The number of H-pyrrole nitrogens is 1. The molecule has 0 aliphatic carbocycles. The molecule has 140 valence electrons. The largest absolute Gasteiger partial charge is 0.497 e. The van der Waals surface area contributed by atoms with Gasteiger partial charge < -0.3 is 19.7 Å². The number of ether oxygens (including phenoxy) is 1. The molecule has 3 rings (SSSR count). The molecule has 0 fully saturated rings. The van der Waals surface area contributed by atoms with Crippen molar-refractivity contribution in [3.05, 3.63) is 70.8 Å². The smallest absolute Gasteiger partial charge is 0.269 e. The highest BCUT2D eigenvalue weighted by Crippen LogP contribution is 2.22. The molecule has 0 radical (unpaired) electrons. The van der Waals surface area contributed by atoms with Crippen LogP contribution < -0.4 is 15.6 Å². The third kappa shape index (κ3) is 4.62. The van der Waals surface area contributed by atoms with Crippen LogP contribution in [0.5, 0.6) is 5.75 Å². The number of carbonyl (C=O) groups is 1. The van der Waals surface area contributed by atoms with Crippen LogP contribution in [-0.2, 0) is 6.54 Å². The summed E-state index contributed by atoms with van der Waals surface area (Å²) in [5, 5.41) is 19.5. The number of methoxy groups -OCH3 is 1. The normalized spacial score (nSPS) is 11.8. The molecule has 0 aliphatic rings. The monoisotopic (exact) mass is 368 g/mol. The SMILES string of the molecule is COc1cccc(-c2cc(C(=O)NCC(O)Cn3ccccc3=O)[nH]n2)c1. The molecule has 2 heterocycles. The van der Waals surface area contributed by atoms with Crippen LogP contribution in [0, 0.1) is 0 Å². The van der Waals surface area contributed by atoms with Crippen LogP contribution in [-0.4, -0.2) is 45.5 Å². The summed E-state index contributed by atoms with van der Waals surface area (Å²) in [5.74, 6) is 0.303. The van der Waals surface area contributed by atoms with Gasteiger partial charge in [-0.15, -0.1) is 0 Å². The number of aromatic nitrogens is 3. The molecule has 0 aliphatic heterocycles. The Bertz CT molecular complexity index is 979. The standard InChI is InChI=1S/C19H20N4O4/c1-27-15-6-4-5-13(9-15)16-10-17(22-21-16)19(26)20-11-14(24)12-23-8-3-2-7-18(23)25/h2-10,14,24H,11-12H2,1H3,(H,20,26)(H,21,22). The van der Waals surface area contributed by atoms with Gasteiger partial charge in [-0.2, -0.15) is 5.10 Å². The lowest BCUT2D eigenvalue weighted by Crippen LogP contribution is -2.36. The Labute approximate surface area is 155 Å². The number of aromatic amines is 1. The van der Waals surface area contributed by atoms with Gasteiger partial charge in [-0.05, 0) is 24.3 Å². The minimum absolute atomic E-state index is 0.00762. The summed E-state index contributed by atoms with van der Waals surface area (Å²) in [6, 6.07) is 13.7. The molecule has 27 heavy (non-hydrogen) atoms. The summed E-state index contributed by atoms with van der Waals surface area (Å²) in [4.78, 5) is 23.9. The Hall–Kier alpha value is -3.39. The van der Waals surface area contributed by atoms with Gasteiger partial charge >= 0.3 is 0 Å². The molecule has 1 amide bonds. The van der Waals surface area contributed by atoms with E-state index in [4.69, 9.17) is 4.74 Å². The fraction of sp³-hybridized carbons (Fsp3) is 0.211. The lowest BCUT2D eigenvalue weighted by molar-refractivity contribution is 0.0898. The number of aliphatic hydroxyl groups is 1. The lowest BCUT2D eigenvalue weighted by Gasteiger charge is -2.12. The van der Waals surface area contributed by atoms with Crippen molar-refractivity contribution < 1.29 is 14.6 Å². The van der Waals surface area contributed by atoms with Crippen LogP contribution in [0.15, 0.2) is 59.5 Å². The number of amides is 1. The number of hydrogen-bond acceptors (Lipinski definition) is 5. The Morgan fingerprint density at radius 1 is 1.30 bits per heavy atom. The Morgan fingerprint density at radius 3 is 2.93 bits per heavy atom. The molecule has 1 unspecified atom stereocenters. The molecular weight excluding hydrogens is 348 g/mol. The average molecular weight is 368 g/mol. The summed E-state index contributed by atoms with van der Waals surface area (Å²) in [7, 11) is 1.58. The van der Waals surface area contributed by atoms with E-state index in [0.717, 1.165) is 5.56 Å². The average Bonchev–Trinajstić information content (AvgIpc) is 3.18. The number of nitrogens with one attached hydrogen (secondary N) is 2. The molecule has 2 aromatic heterocycles. The van der Waals surface area contributed by atoms with Crippen LogP contribution in [0.3, 0.4) is 0 Å². The van der Waals surface area contributed by atoms with Gasteiger partial charge in [0.25, 0.3) is 11.5 Å². The maximum atomic E-state index is 12.2. The van der Waals surface area contributed by atoms with Crippen LogP contribution >= 0.6 is 0 Å². The van der Waals surface area contributed by atoms with Gasteiger partial charge in [0.1, 0.15) is 11.4 Å². The number of aliphatic hydroxyl groups excluding tert-OH is 1. The van der Waals surface area contributed by atoms with Crippen molar-refractivity contribution in [1.29, 1.82) is 0 Å². The van der Waals surface area contributed by atoms with Crippen LogP contribution in [0.4, 0.5) is 0 Å². The van der Waals surface area contributed by atoms with E-state index in [1.54, 1.807) is 31.5 Å². The third-order valence-electron chi connectivity index (χ3n) is 3.99. The molecule has 8 nitrogen and oxygen atoms in total. The van der Waals surface area contributed by atoms with Crippen molar-refractivity contribution in [3.8, 4) is 17.0 Å². The third-order valence-corrected chi connectivity index (χ3v) is 3.99. The number of carbonyl (C=O) groups excluding carboxylic acids is 1. The van der Waals surface area contributed by atoms with E-state index in [9.17, 15) is 14.7 Å². The van der Waals surface area contributed by atoms with Crippen molar-refractivity contribution in [1.82, 2.24) is 20.1 Å². The lowest BCUT2D eigenvalue weighted by atomic mass is 10.1. The molecule has 0 bridgehead atoms. The maximum Gasteiger partial charge on any atom is 0.269 e. The zero-order valence-electron chi connectivity index (χ0n) is 14.8. The molecule has 3 aromatic rings. The molecule has 0 saturated carbocycles. The molecule has 3 N–H and O–H groups in total. The topological polar surface area (TPSA) is 109 Å². The van der Waals surface area contributed by atoms with Gasteiger partial charge in [-0.25, -0.2) is 0 Å². The second-order valence-corrected chi connectivity index (χ2v) is 5.95. The zero-order valence-corrected chi connectivity index (χ0v) is 14.8. The first-order valence-corrected chi connectivity index (χ1v) is 8.38. The maximum absolute atomic E-state index is 12.2. The number of benzene rings is 1. The number of rotatable bonds is 7. The highest BCUT2D eigenvalue weighted by Gasteiger charge is 2.13. The van der Waals surface area contributed by atoms with Crippen molar-refractivity contribution in [3.63, 3.8) is 0 Å². The van der Waals surface area contributed by atoms with Gasteiger partial charge in [0.15, 0.2) is 0 Å². The van der Waals surface area contributed by atoms with E-state index in [2.05, 4.69) is 15.5 Å². The van der Waals surface area contributed by atoms with E-state index >= 15 is 0 Å². The second kappa shape index (κ2) is 8.33. The molecule has 8 heteroatoms. The van der Waals surface area contributed by atoms with Gasteiger partial charge in [-0.1, -0.05) is 18.2 Å². The zero-order chi connectivity index (χ0) is 19.2. The summed E-state index contributed by atoms with van der Waals surface area (Å²) >= 11 is 0. The molecule has 1 atom stereocenters. The molecule has 0 spiro atoms. The first kappa shape index (κ1) is 18.4. The van der Waals surface area contributed by atoms with Gasteiger partial charge in [0.2, 0.25) is 0 Å². The highest BCUT2D eigenvalue weighted by atomic mass is 16.5. The van der Waals surface area contributed by atoms with E-state index in [0.29, 0.717) is 11.4 Å². The minimum Gasteiger partial charge on any atom is -0.497 e. The van der Waals surface area contributed by atoms with Crippen molar-refractivity contribution in [2.45, 2.75) is 12.6 Å². The number of hydrogen-bond donors (Lipinski definition) is 3.